The van der Waals surface area contributed by atoms with Gasteiger partial charge >= 0.3 is 11.9 Å². The molecule has 1 aromatic heterocycles. The van der Waals surface area contributed by atoms with Gasteiger partial charge in [-0.05, 0) is 39.8 Å². The SMILES string of the molecule is CCOC(=O)C(C(=O)OCC)c1ncccc1OC(C)C. The maximum Gasteiger partial charge on any atom is 0.326 e. The zero-order valence-electron chi connectivity index (χ0n) is 12.8. The molecular weight excluding hydrogens is 274 g/mol. The van der Waals surface area contributed by atoms with Crippen LogP contribution in [0.1, 0.15) is 39.3 Å². The van der Waals surface area contributed by atoms with Gasteiger partial charge in [0, 0.05) is 6.20 Å². The van der Waals surface area contributed by atoms with E-state index in [0.717, 1.165) is 0 Å². The summed E-state index contributed by atoms with van der Waals surface area (Å²) in [5.74, 6) is -2.25. The van der Waals surface area contributed by atoms with Crippen LogP contribution in [0.2, 0.25) is 0 Å². The van der Waals surface area contributed by atoms with Crippen molar-refractivity contribution in [3.8, 4) is 5.75 Å². The topological polar surface area (TPSA) is 74.7 Å². The van der Waals surface area contributed by atoms with Gasteiger partial charge in [0.25, 0.3) is 0 Å². The lowest BCUT2D eigenvalue weighted by Crippen LogP contribution is -2.28. The van der Waals surface area contributed by atoms with Crippen molar-refractivity contribution in [1.82, 2.24) is 4.98 Å². The minimum Gasteiger partial charge on any atom is -0.489 e. The van der Waals surface area contributed by atoms with E-state index in [0.29, 0.717) is 5.75 Å². The third kappa shape index (κ3) is 4.73. The molecular formula is C15H21NO5. The maximum absolute atomic E-state index is 12.1. The molecule has 0 fully saturated rings. The molecule has 0 aliphatic rings. The molecule has 116 valence electrons. The molecule has 0 atom stereocenters. The number of esters is 2. The van der Waals surface area contributed by atoms with Crippen LogP contribution in [-0.2, 0) is 19.1 Å². The summed E-state index contributed by atoms with van der Waals surface area (Å²) < 4.78 is 15.5. The first-order chi connectivity index (χ1) is 10.0. The predicted molar refractivity (Wildman–Crippen MR) is 76.0 cm³/mol. The van der Waals surface area contributed by atoms with Gasteiger partial charge < -0.3 is 14.2 Å². The Labute approximate surface area is 124 Å². The second-order valence-electron chi connectivity index (χ2n) is 4.49. The van der Waals surface area contributed by atoms with Crippen LogP contribution in [0.15, 0.2) is 18.3 Å². The van der Waals surface area contributed by atoms with Crippen molar-refractivity contribution in [2.24, 2.45) is 0 Å². The molecule has 0 bridgehead atoms. The highest BCUT2D eigenvalue weighted by Crippen LogP contribution is 2.27. The summed E-state index contributed by atoms with van der Waals surface area (Å²) in [6, 6.07) is 3.34. The normalized spacial score (nSPS) is 10.6. The molecule has 0 N–H and O–H groups in total. The van der Waals surface area contributed by atoms with Crippen LogP contribution in [0.3, 0.4) is 0 Å². The van der Waals surface area contributed by atoms with Gasteiger partial charge in [0.05, 0.1) is 19.3 Å². The van der Waals surface area contributed by atoms with Gasteiger partial charge in [-0.3, -0.25) is 14.6 Å². The fraction of sp³-hybridized carbons (Fsp3) is 0.533. The van der Waals surface area contributed by atoms with Gasteiger partial charge in [-0.1, -0.05) is 0 Å². The van der Waals surface area contributed by atoms with E-state index in [-0.39, 0.29) is 25.0 Å². The first-order valence-electron chi connectivity index (χ1n) is 6.96. The molecule has 0 aliphatic carbocycles. The summed E-state index contributed by atoms with van der Waals surface area (Å²) in [7, 11) is 0. The molecule has 0 saturated carbocycles. The molecule has 0 aliphatic heterocycles. The summed E-state index contributed by atoms with van der Waals surface area (Å²) in [4.78, 5) is 28.3. The number of carbonyl (C=O) groups excluding carboxylic acids is 2. The molecule has 0 spiro atoms. The van der Waals surface area contributed by atoms with Crippen LogP contribution in [-0.4, -0.2) is 36.2 Å². The van der Waals surface area contributed by atoms with Crippen LogP contribution in [0, 0.1) is 0 Å². The monoisotopic (exact) mass is 295 g/mol. The standard InChI is InChI=1S/C15H21NO5/c1-5-19-14(17)12(15(18)20-6-2)13-11(21-10(3)4)8-7-9-16-13/h7-10,12H,5-6H2,1-4H3. The molecule has 0 amide bonds. The van der Waals surface area contributed by atoms with E-state index in [9.17, 15) is 9.59 Å². The van der Waals surface area contributed by atoms with Gasteiger partial charge in [0.2, 0.25) is 0 Å². The second-order valence-corrected chi connectivity index (χ2v) is 4.49. The van der Waals surface area contributed by atoms with Crippen molar-refractivity contribution in [3.63, 3.8) is 0 Å². The van der Waals surface area contributed by atoms with Crippen LogP contribution >= 0.6 is 0 Å². The lowest BCUT2D eigenvalue weighted by molar-refractivity contribution is -0.157. The number of aromatic nitrogens is 1. The smallest absolute Gasteiger partial charge is 0.326 e. The minimum atomic E-state index is -1.24. The van der Waals surface area contributed by atoms with Gasteiger partial charge in [0.15, 0.2) is 5.92 Å². The van der Waals surface area contributed by atoms with E-state index >= 15 is 0 Å². The highest BCUT2D eigenvalue weighted by molar-refractivity contribution is 6.01. The Morgan fingerprint density at radius 2 is 1.71 bits per heavy atom. The molecule has 0 aromatic carbocycles. The van der Waals surface area contributed by atoms with Gasteiger partial charge in [-0.25, -0.2) is 0 Å². The van der Waals surface area contributed by atoms with Crippen LogP contribution in [0.5, 0.6) is 5.75 Å². The molecule has 1 aromatic rings. The third-order valence-electron chi connectivity index (χ3n) is 2.48. The largest absolute Gasteiger partial charge is 0.489 e. The molecule has 0 saturated heterocycles. The van der Waals surface area contributed by atoms with Gasteiger partial charge in [-0.2, -0.15) is 0 Å². The maximum atomic E-state index is 12.1. The highest BCUT2D eigenvalue weighted by Gasteiger charge is 2.35. The Morgan fingerprint density at radius 1 is 1.14 bits per heavy atom. The quantitative estimate of drug-likeness (QED) is 0.566. The first kappa shape index (κ1) is 16.9. The van der Waals surface area contributed by atoms with E-state index in [1.807, 2.05) is 13.8 Å². The molecule has 0 unspecified atom stereocenters. The van der Waals surface area contributed by atoms with Crippen LogP contribution < -0.4 is 4.74 Å². The molecule has 1 heterocycles. The average molecular weight is 295 g/mol. The Hall–Kier alpha value is -2.11. The van der Waals surface area contributed by atoms with Crippen molar-refractivity contribution in [2.45, 2.75) is 39.7 Å². The van der Waals surface area contributed by atoms with E-state index in [4.69, 9.17) is 14.2 Å². The fourth-order valence-electron chi connectivity index (χ4n) is 1.74. The highest BCUT2D eigenvalue weighted by atomic mass is 16.6. The van der Waals surface area contributed by atoms with Crippen molar-refractivity contribution < 1.29 is 23.8 Å². The molecule has 1 rings (SSSR count). The average Bonchev–Trinajstić information content (AvgIpc) is 2.41. The Bertz CT molecular complexity index is 469. The zero-order chi connectivity index (χ0) is 15.8. The van der Waals surface area contributed by atoms with Crippen molar-refractivity contribution in [2.75, 3.05) is 13.2 Å². The van der Waals surface area contributed by atoms with Crippen LogP contribution in [0.25, 0.3) is 0 Å². The van der Waals surface area contributed by atoms with Crippen LogP contribution in [0.4, 0.5) is 0 Å². The Balaban J connectivity index is 3.19. The number of nitrogens with zero attached hydrogens (tertiary/aromatic N) is 1. The fourth-order valence-corrected chi connectivity index (χ4v) is 1.74. The van der Waals surface area contributed by atoms with Gasteiger partial charge in [0.1, 0.15) is 11.4 Å². The van der Waals surface area contributed by atoms with Crippen molar-refractivity contribution >= 4 is 11.9 Å². The predicted octanol–water partition coefficient (Wildman–Crippen LogP) is 2.08. The van der Waals surface area contributed by atoms with E-state index in [1.54, 1.807) is 26.0 Å². The van der Waals surface area contributed by atoms with E-state index in [1.165, 1.54) is 6.20 Å². The molecule has 6 nitrogen and oxygen atoms in total. The zero-order valence-corrected chi connectivity index (χ0v) is 12.8. The number of pyridine rings is 1. The lowest BCUT2D eigenvalue weighted by atomic mass is 10.0. The third-order valence-corrected chi connectivity index (χ3v) is 2.48. The molecule has 0 radical (unpaired) electrons. The first-order valence-corrected chi connectivity index (χ1v) is 6.96. The summed E-state index contributed by atoms with van der Waals surface area (Å²) >= 11 is 0. The Morgan fingerprint density at radius 3 is 2.19 bits per heavy atom. The van der Waals surface area contributed by atoms with E-state index in [2.05, 4.69) is 4.98 Å². The number of hydrogen-bond donors (Lipinski definition) is 0. The molecule has 6 heteroatoms. The van der Waals surface area contributed by atoms with Crippen molar-refractivity contribution in [1.29, 1.82) is 0 Å². The number of ether oxygens (including phenoxy) is 3. The molecule has 21 heavy (non-hydrogen) atoms. The summed E-state index contributed by atoms with van der Waals surface area (Å²) in [6.07, 6.45) is 1.38. The van der Waals surface area contributed by atoms with Gasteiger partial charge in [-0.15, -0.1) is 0 Å². The number of carbonyl (C=O) groups is 2. The summed E-state index contributed by atoms with van der Waals surface area (Å²) in [6.45, 7) is 7.37. The number of hydrogen-bond acceptors (Lipinski definition) is 6. The number of rotatable bonds is 7. The summed E-state index contributed by atoms with van der Waals surface area (Å²) in [5, 5.41) is 0. The second kappa shape index (κ2) is 8.24. The van der Waals surface area contributed by atoms with E-state index < -0.39 is 17.9 Å². The minimum absolute atomic E-state index is 0.113. The Kier molecular flexibility index (Phi) is 6.65. The summed E-state index contributed by atoms with van der Waals surface area (Å²) in [5.41, 5.74) is 0.211. The lowest BCUT2D eigenvalue weighted by Gasteiger charge is -2.18. The van der Waals surface area contributed by atoms with Crippen molar-refractivity contribution in [3.05, 3.63) is 24.0 Å².